The van der Waals surface area contributed by atoms with Crippen molar-refractivity contribution in [3.05, 3.63) is 36.0 Å². The van der Waals surface area contributed by atoms with Crippen LogP contribution in [0.4, 0.5) is 0 Å². The average molecular weight is 161 g/mol. The third kappa shape index (κ3) is 1.05. The standard InChI is InChI=1S/C10H11NO/c11-7-8-5-6-12-10-4-2-1-3-9(8)10/h1-4,7H,5-6,11H2/b8-7+. The number of hydrogen-bond acceptors (Lipinski definition) is 2. The van der Waals surface area contributed by atoms with Crippen molar-refractivity contribution < 1.29 is 4.74 Å². The van der Waals surface area contributed by atoms with Crippen molar-refractivity contribution in [3.8, 4) is 5.75 Å². The molecule has 2 rings (SSSR count). The van der Waals surface area contributed by atoms with Gasteiger partial charge >= 0.3 is 0 Å². The summed E-state index contributed by atoms with van der Waals surface area (Å²) in [5.41, 5.74) is 7.81. The minimum absolute atomic E-state index is 0.736. The van der Waals surface area contributed by atoms with Crippen LogP contribution in [0.3, 0.4) is 0 Å². The summed E-state index contributed by atoms with van der Waals surface area (Å²) >= 11 is 0. The van der Waals surface area contributed by atoms with Crippen LogP contribution >= 0.6 is 0 Å². The van der Waals surface area contributed by atoms with Gasteiger partial charge in [0.05, 0.1) is 6.61 Å². The van der Waals surface area contributed by atoms with Gasteiger partial charge in [-0.3, -0.25) is 0 Å². The lowest BCUT2D eigenvalue weighted by Crippen LogP contribution is -2.08. The maximum atomic E-state index is 5.50. The summed E-state index contributed by atoms with van der Waals surface area (Å²) in [6.07, 6.45) is 2.58. The van der Waals surface area contributed by atoms with E-state index in [1.165, 1.54) is 5.57 Å². The number of para-hydroxylation sites is 1. The van der Waals surface area contributed by atoms with Crippen LogP contribution in [0.5, 0.6) is 5.75 Å². The van der Waals surface area contributed by atoms with E-state index in [9.17, 15) is 0 Å². The fourth-order valence-electron chi connectivity index (χ4n) is 1.44. The lowest BCUT2D eigenvalue weighted by Gasteiger charge is -2.18. The second kappa shape index (κ2) is 2.89. The largest absolute Gasteiger partial charge is 0.493 e. The first-order chi connectivity index (χ1) is 5.92. The number of nitrogens with two attached hydrogens (primary N) is 1. The molecule has 0 aromatic heterocycles. The smallest absolute Gasteiger partial charge is 0.126 e. The van der Waals surface area contributed by atoms with Crippen LogP contribution in [-0.2, 0) is 0 Å². The Morgan fingerprint density at radius 3 is 3.00 bits per heavy atom. The van der Waals surface area contributed by atoms with Crippen molar-refractivity contribution in [2.24, 2.45) is 5.73 Å². The Balaban J connectivity index is 2.51. The molecule has 1 aromatic rings. The highest BCUT2D eigenvalue weighted by Crippen LogP contribution is 2.31. The van der Waals surface area contributed by atoms with Gasteiger partial charge in [0.15, 0.2) is 0 Å². The molecule has 2 N–H and O–H groups in total. The third-order valence-electron chi connectivity index (χ3n) is 2.06. The number of ether oxygens (including phenoxy) is 1. The monoisotopic (exact) mass is 161 g/mol. The Morgan fingerprint density at radius 1 is 1.33 bits per heavy atom. The van der Waals surface area contributed by atoms with E-state index >= 15 is 0 Å². The highest BCUT2D eigenvalue weighted by molar-refractivity contribution is 5.71. The van der Waals surface area contributed by atoms with Gasteiger partial charge in [0.2, 0.25) is 0 Å². The Kier molecular flexibility index (Phi) is 1.74. The molecule has 1 heterocycles. The van der Waals surface area contributed by atoms with Crippen molar-refractivity contribution in [1.82, 2.24) is 0 Å². The van der Waals surface area contributed by atoms with Crippen LogP contribution in [0.2, 0.25) is 0 Å². The molecular formula is C10H11NO. The molecule has 2 nitrogen and oxygen atoms in total. The maximum Gasteiger partial charge on any atom is 0.126 e. The predicted molar refractivity (Wildman–Crippen MR) is 48.7 cm³/mol. The van der Waals surface area contributed by atoms with E-state index < -0.39 is 0 Å². The summed E-state index contributed by atoms with van der Waals surface area (Å²) in [6.45, 7) is 0.736. The van der Waals surface area contributed by atoms with Crippen LogP contribution in [0, 0.1) is 0 Å². The number of rotatable bonds is 0. The summed E-state index contributed by atoms with van der Waals surface area (Å²) in [6, 6.07) is 7.97. The summed E-state index contributed by atoms with van der Waals surface area (Å²) in [5.74, 6) is 0.945. The predicted octanol–water partition coefficient (Wildman–Crippen LogP) is 1.77. The molecule has 1 aliphatic rings. The van der Waals surface area contributed by atoms with Crippen molar-refractivity contribution in [2.75, 3.05) is 6.61 Å². The van der Waals surface area contributed by atoms with Crippen LogP contribution in [0.1, 0.15) is 12.0 Å². The highest BCUT2D eigenvalue weighted by Gasteiger charge is 2.12. The van der Waals surface area contributed by atoms with Gasteiger partial charge in [-0.1, -0.05) is 18.2 Å². The fraction of sp³-hybridized carbons (Fsp3) is 0.200. The minimum Gasteiger partial charge on any atom is -0.493 e. The van der Waals surface area contributed by atoms with E-state index in [2.05, 4.69) is 0 Å². The van der Waals surface area contributed by atoms with Gasteiger partial charge in [-0.15, -0.1) is 0 Å². The summed E-state index contributed by atoms with van der Waals surface area (Å²) in [5, 5.41) is 0. The molecular weight excluding hydrogens is 150 g/mol. The third-order valence-corrected chi connectivity index (χ3v) is 2.06. The van der Waals surface area contributed by atoms with Gasteiger partial charge in [-0.25, -0.2) is 0 Å². The lowest BCUT2D eigenvalue weighted by molar-refractivity contribution is 0.316. The van der Waals surface area contributed by atoms with E-state index in [0.29, 0.717) is 0 Å². The second-order valence-electron chi connectivity index (χ2n) is 2.79. The maximum absolute atomic E-state index is 5.50. The Morgan fingerprint density at radius 2 is 2.17 bits per heavy atom. The summed E-state index contributed by atoms with van der Waals surface area (Å²) in [4.78, 5) is 0. The molecule has 12 heavy (non-hydrogen) atoms. The molecule has 0 radical (unpaired) electrons. The quantitative estimate of drug-likeness (QED) is 0.629. The molecule has 62 valence electrons. The molecule has 1 aromatic carbocycles. The Labute approximate surface area is 71.6 Å². The molecule has 0 aliphatic carbocycles. The number of fused-ring (bicyclic) bond motifs is 1. The van der Waals surface area contributed by atoms with E-state index in [1.54, 1.807) is 6.20 Å². The van der Waals surface area contributed by atoms with Crippen LogP contribution in [0.25, 0.3) is 5.57 Å². The zero-order valence-electron chi connectivity index (χ0n) is 6.79. The van der Waals surface area contributed by atoms with Gasteiger partial charge in [0.25, 0.3) is 0 Å². The Hall–Kier alpha value is -1.44. The topological polar surface area (TPSA) is 35.2 Å². The first kappa shape index (κ1) is 7.22. The molecule has 0 saturated heterocycles. The van der Waals surface area contributed by atoms with Crippen LogP contribution in [0.15, 0.2) is 30.5 Å². The summed E-state index contributed by atoms with van der Waals surface area (Å²) < 4.78 is 5.46. The minimum atomic E-state index is 0.736. The van der Waals surface area contributed by atoms with Gasteiger partial charge in [0, 0.05) is 12.0 Å². The van der Waals surface area contributed by atoms with Crippen molar-refractivity contribution in [2.45, 2.75) is 6.42 Å². The molecule has 1 aliphatic heterocycles. The van der Waals surface area contributed by atoms with Gasteiger partial charge < -0.3 is 10.5 Å². The molecule has 0 saturated carbocycles. The zero-order valence-corrected chi connectivity index (χ0v) is 6.79. The summed E-state index contributed by atoms with van der Waals surface area (Å²) in [7, 11) is 0. The molecule has 0 spiro atoms. The first-order valence-corrected chi connectivity index (χ1v) is 4.05. The van der Waals surface area contributed by atoms with Crippen molar-refractivity contribution in [1.29, 1.82) is 0 Å². The van der Waals surface area contributed by atoms with Gasteiger partial charge in [-0.05, 0) is 17.8 Å². The van der Waals surface area contributed by atoms with Crippen LogP contribution in [-0.4, -0.2) is 6.61 Å². The van der Waals surface area contributed by atoms with E-state index in [0.717, 1.165) is 24.3 Å². The number of benzene rings is 1. The fourth-order valence-corrected chi connectivity index (χ4v) is 1.44. The highest BCUT2D eigenvalue weighted by atomic mass is 16.5. The van der Waals surface area contributed by atoms with Gasteiger partial charge in [0.1, 0.15) is 5.75 Å². The van der Waals surface area contributed by atoms with E-state index in [1.807, 2.05) is 24.3 Å². The normalized spacial score (nSPS) is 18.5. The second-order valence-corrected chi connectivity index (χ2v) is 2.79. The molecule has 0 fully saturated rings. The first-order valence-electron chi connectivity index (χ1n) is 4.05. The average Bonchev–Trinajstić information content (AvgIpc) is 2.17. The Bertz CT molecular complexity index is 317. The van der Waals surface area contributed by atoms with Crippen molar-refractivity contribution >= 4 is 5.57 Å². The number of hydrogen-bond donors (Lipinski definition) is 1. The zero-order chi connectivity index (χ0) is 8.39. The molecule has 0 unspecified atom stereocenters. The van der Waals surface area contributed by atoms with E-state index in [4.69, 9.17) is 10.5 Å². The SMILES string of the molecule is N/C=C1\CCOc2ccccc21. The molecule has 2 heteroatoms. The molecule has 0 amide bonds. The van der Waals surface area contributed by atoms with Crippen LogP contribution < -0.4 is 10.5 Å². The lowest BCUT2D eigenvalue weighted by atomic mass is 10.0. The molecule has 0 atom stereocenters. The van der Waals surface area contributed by atoms with Gasteiger partial charge in [-0.2, -0.15) is 0 Å². The van der Waals surface area contributed by atoms with E-state index in [-0.39, 0.29) is 0 Å². The molecule has 0 bridgehead atoms. The van der Waals surface area contributed by atoms with Crippen molar-refractivity contribution in [3.63, 3.8) is 0 Å².